The first-order chi connectivity index (χ1) is 7.61. The Labute approximate surface area is 95.5 Å². The Morgan fingerprint density at radius 3 is 2.69 bits per heavy atom. The number of hydrogen-bond acceptors (Lipinski definition) is 2. The highest BCUT2D eigenvalue weighted by molar-refractivity contribution is 5.78. The molecule has 0 saturated carbocycles. The van der Waals surface area contributed by atoms with E-state index in [4.69, 9.17) is 11.5 Å². The molecule has 0 saturated heterocycles. The molecular weight excluding hydrogens is 202 g/mol. The topological polar surface area (TPSA) is 49.3 Å². The maximum atomic E-state index is 11.5. The number of nitrogens with one attached hydrogen (secondary N) is 1. The number of phenolic OH excluding ortho intramolecular Hbond substituents is 1. The Hall–Kier alpha value is -1.95. The first-order valence-corrected chi connectivity index (χ1v) is 5.12. The molecule has 0 fully saturated rings. The van der Waals surface area contributed by atoms with Crippen LogP contribution in [0.3, 0.4) is 0 Å². The molecule has 0 radical (unpaired) electrons. The second-order valence-electron chi connectivity index (χ2n) is 3.72. The van der Waals surface area contributed by atoms with Crippen molar-refractivity contribution in [1.29, 1.82) is 0 Å². The van der Waals surface area contributed by atoms with Gasteiger partial charge < -0.3 is 10.4 Å². The van der Waals surface area contributed by atoms with Crippen LogP contribution >= 0.6 is 0 Å². The van der Waals surface area contributed by atoms with Gasteiger partial charge in [0.15, 0.2) is 0 Å². The Kier molecular flexibility index (Phi) is 4.41. The zero-order chi connectivity index (χ0) is 12.0. The molecule has 1 aromatic rings. The second kappa shape index (κ2) is 5.82. The van der Waals surface area contributed by atoms with Gasteiger partial charge in [0.25, 0.3) is 0 Å². The molecule has 84 valence electrons. The van der Waals surface area contributed by atoms with E-state index in [1.54, 1.807) is 24.3 Å². The van der Waals surface area contributed by atoms with Crippen molar-refractivity contribution in [3.63, 3.8) is 0 Å². The molecule has 1 aromatic carbocycles. The average Bonchev–Trinajstić information content (AvgIpc) is 2.21. The smallest absolute Gasteiger partial charge is 0.224 e. The van der Waals surface area contributed by atoms with Crippen LogP contribution in [0.15, 0.2) is 24.3 Å². The van der Waals surface area contributed by atoms with Crippen LogP contribution in [0.1, 0.15) is 18.9 Å². The van der Waals surface area contributed by atoms with Crippen LogP contribution in [-0.4, -0.2) is 17.1 Å². The molecule has 3 nitrogen and oxygen atoms in total. The summed E-state index contributed by atoms with van der Waals surface area (Å²) >= 11 is 0. The molecule has 0 heterocycles. The lowest BCUT2D eigenvalue weighted by Gasteiger charge is -2.10. The van der Waals surface area contributed by atoms with Crippen LogP contribution in [-0.2, 0) is 11.2 Å². The summed E-state index contributed by atoms with van der Waals surface area (Å²) < 4.78 is 0. The normalized spacial score (nSPS) is 11.5. The highest BCUT2D eigenvalue weighted by atomic mass is 16.3. The minimum Gasteiger partial charge on any atom is -0.508 e. The van der Waals surface area contributed by atoms with Crippen LogP contribution in [0.4, 0.5) is 0 Å². The van der Waals surface area contributed by atoms with Crippen LogP contribution in [0, 0.1) is 12.3 Å². The molecule has 1 unspecified atom stereocenters. The molecule has 0 aromatic heterocycles. The number of amides is 1. The van der Waals surface area contributed by atoms with Gasteiger partial charge in [0, 0.05) is 12.5 Å². The minimum atomic E-state index is -0.0616. The van der Waals surface area contributed by atoms with Crippen LogP contribution in [0.5, 0.6) is 5.75 Å². The summed E-state index contributed by atoms with van der Waals surface area (Å²) in [5.41, 5.74) is 0.864. The maximum Gasteiger partial charge on any atom is 0.224 e. The number of terminal acetylenes is 1. The Balaban J connectivity index is 2.46. The molecule has 1 rings (SSSR count). The summed E-state index contributed by atoms with van der Waals surface area (Å²) in [6, 6.07) is 6.57. The number of aromatic hydroxyl groups is 1. The minimum absolute atomic E-state index is 0.00499. The van der Waals surface area contributed by atoms with Gasteiger partial charge in [0.05, 0.1) is 6.42 Å². The molecule has 3 heteroatoms. The molecule has 0 aliphatic heterocycles. The fourth-order valence-corrected chi connectivity index (χ4v) is 1.35. The van der Waals surface area contributed by atoms with E-state index >= 15 is 0 Å². The number of hydrogen-bond donors (Lipinski definition) is 2. The second-order valence-corrected chi connectivity index (χ2v) is 3.72. The highest BCUT2D eigenvalue weighted by Crippen LogP contribution is 2.09. The molecule has 1 atom stereocenters. The Morgan fingerprint density at radius 2 is 2.12 bits per heavy atom. The first kappa shape index (κ1) is 12.1. The summed E-state index contributed by atoms with van der Waals surface area (Å²) in [4.78, 5) is 11.5. The van der Waals surface area contributed by atoms with Gasteiger partial charge in [-0.15, -0.1) is 12.3 Å². The SMILES string of the molecule is C#CCC(C)NC(=O)Cc1ccc(O)cc1. The summed E-state index contributed by atoms with van der Waals surface area (Å²) in [7, 11) is 0. The monoisotopic (exact) mass is 217 g/mol. The van der Waals surface area contributed by atoms with E-state index < -0.39 is 0 Å². The lowest BCUT2D eigenvalue weighted by molar-refractivity contribution is -0.121. The van der Waals surface area contributed by atoms with E-state index in [-0.39, 0.29) is 17.7 Å². The highest BCUT2D eigenvalue weighted by Gasteiger charge is 2.06. The molecule has 2 N–H and O–H groups in total. The lowest BCUT2D eigenvalue weighted by atomic mass is 10.1. The van der Waals surface area contributed by atoms with Crippen molar-refractivity contribution in [3.05, 3.63) is 29.8 Å². The zero-order valence-corrected chi connectivity index (χ0v) is 9.23. The van der Waals surface area contributed by atoms with Crippen molar-refractivity contribution in [3.8, 4) is 18.1 Å². The molecule has 1 amide bonds. The average molecular weight is 217 g/mol. The van der Waals surface area contributed by atoms with E-state index in [0.29, 0.717) is 12.8 Å². The fraction of sp³-hybridized carbons (Fsp3) is 0.308. The maximum absolute atomic E-state index is 11.5. The van der Waals surface area contributed by atoms with Crippen molar-refractivity contribution < 1.29 is 9.90 Å². The third kappa shape index (κ3) is 4.05. The molecule has 0 spiro atoms. The predicted molar refractivity (Wildman–Crippen MR) is 62.9 cm³/mol. The van der Waals surface area contributed by atoms with Crippen molar-refractivity contribution >= 4 is 5.91 Å². The fourth-order valence-electron chi connectivity index (χ4n) is 1.35. The predicted octanol–water partition coefficient (Wildman–Crippen LogP) is 1.46. The van der Waals surface area contributed by atoms with Gasteiger partial charge in [-0.05, 0) is 24.6 Å². The van der Waals surface area contributed by atoms with E-state index in [0.717, 1.165) is 5.56 Å². The van der Waals surface area contributed by atoms with Crippen LogP contribution < -0.4 is 5.32 Å². The van der Waals surface area contributed by atoms with E-state index in [1.807, 2.05) is 6.92 Å². The number of benzene rings is 1. The van der Waals surface area contributed by atoms with Crippen molar-refractivity contribution in [2.75, 3.05) is 0 Å². The largest absolute Gasteiger partial charge is 0.508 e. The standard InChI is InChI=1S/C13H15NO2/c1-3-4-10(2)14-13(16)9-11-5-7-12(15)8-6-11/h1,5-8,10,15H,4,9H2,2H3,(H,14,16). The van der Waals surface area contributed by atoms with Gasteiger partial charge in [-0.3, -0.25) is 4.79 Å². The Bertz CT molecular complexity index is 389. The van der Waals surface area contributed by atoms with Gasteiger partial charge in [0.1, 0.15) is 5.75 Å². The van der Waals surface area contributed by atoms with Crippen molar-refractivity contribution in [2.24, 2.45) is 0 Å². The Morgan fingerprint density at radius 1 is 1.50 bits per heavy atom. The van der Waals surface area contributed by atoms with Gasteiger partial charge in [-0.1, -0.05) is 12.1 Å². The van der Waals surface area contributed by atoms with E-state index in [1.165, 1.54) is 0 Å². The molecule has 16 heavy (non-hydrogen) atoms. The summed E-state index contributed by atoms with van der Waals surface area (Å²) in [5, 5.41) is 11.9. The van der Waals surface area contributed by atoms with Gasteiger partial charge in [-0.2, -0.15) is 0 Å². The number of phenols is 1. The summed E-state index contributed by atoms with van der Waals surface area (Å²) in [5.74, 6) is 2.63. The lowest BCUT2D eigenvalue weighted by Crippen LogP contribution is -2.33. The molecule has 0 aliphatic rings. The number of carbonyl (C=O) groups excluding carboxylic acids is 1. The molecule has 0 aliphatic carbocycles. The van der Waals surface area contributed by atoms with Gasteiger partial charge >= 0.3 is 0 Å². The third-order valence-electron chi connectivity index (χ3n) is 2.13. The van der Waals surface area contributed by atoms with E-state index in [2.05, 4.69) is 11.2 Å². The zero-order valence-electron chi connectivity index (χ0n) is 9.23. The number of rotatable bonds is 4. The molecule has 0 bridgehead atoms. The van der Waals surface area contributed by atoms with Gasteiger partial charge in [0.2, 0.25) is 5.91 Å². The third-order valence-corrected chi connectivity index (χ3v) is 2.13. The first-order valence-electron chi connectivity index (χ1n) is 5.12. The van der Waals surface area contributed by atoms with Crippen molar-refractivity contribution in [2.45, 2.75) is 25.8 Å². The van der Waals surface area contributed by atoms with Crippen LogP contribution in [0.25, 0.3) is 0 Å². The quantitative estimate of drug-likeness (QED) is 0.750. The summed E-state index contributed by atoms with van der Waals surface area (Å²) in [6.07, 6.45) is 5.98. The van der Waals surface area contributed by atoms with Crippen LogP contribution in [0.2, 0.25) is 0 Å². The van der Waals surface area contributed by atoms with E-state index in [9.17, 15) is 4.79 Å². The van der Waals surface area contributed by atoms with Crippen molar-refractivity contribution in [1.82, 2.24) is 5.32 Å². The number of carbonyl (C=O) groups is 1. The summed E-state index contributed by atoms with van der Waals surface area (Å²) in [6.45, 7) is 1.87. The van der Waals surface area contributed by atoms with Gasteiger partial charge in [-0.25, -0.2) is 0 Å². The molecular formula is C13H15NO2.